The average Bonchev–Trinajstić information content (AvgIpc) is 3.25. The Morgan fingerprint density at radius 3 is 2.72 bits per heavy atom. The molecule has 4 rings (SSSR count). The maximum Gasteiger partial charge on any atom is 0.237 e. The largest absolute Gasteiger partial charge is 0.325 e. The van der Waals surface area contributed by atoms with Gasteiger partial charge in [0.25, 0.3) is 0 Å². The molecule has 1 saturated carbocycles. The zero-order chi connectivity index (χ0) is 20.4. The van der Waals surface area contributed by atoms with Crippen molar-refractivity contribution in [3.05, 3.63) is 47.3 Å². The molecular weight excluding hydrogens is 400 g/mol. The number of hydrogen-bond donors (Lipinski definition) is 1. The minimum Gasteiger partial charge on any atom is -0.325 e. The molecule has 2 atom stereocenters. The van der Waals surface area contributed by atoms with Crippen molar-refractivity contribution in [2.24, 2.45) is 0 Å². The molecule has 1 amide bonds. The molecule has 1 aliphatic carbocycles. The second-order valence-electron chi connectivity index (χ2n) is 7.53. The van der Waals surface area contributed by atoms with Crippen LogP contribution in [0.2, 0.25) is 0 Å². The van der Waals surface area contributed by atoms with Crippen LogP contribution in [0.1, 0.15) is 57.6 Å². The van der Waals surface area contributed by atoms with Crippen molar-refractivity contribution in [3.8, 4) is 10.7 Å². The van der Waals surface area contributed by atoms with Crippen molar-refractivity contribution in [1.82, 2.24) is 14.8 Å². The quantitative estimate of drug-likeness (QED) is 0.451. The molecule has 0 spiro atoms. The summed E-state index contributed by atoms with van der Waals surface area (Å²) in [6, 6.07) is 12.6. The summed E-state index contributed by atoms with van der Waals surface area (Å²) < 4.78 is 2.22. The van der Waals surface area contributed by atoms with Gasteiger partial charge in [-0.05, 0) is 55.2 Å². The van der Waals surface area contributed by atoms with Crippen molar-refractivity contribution >= 4 is 34.7 Å². The van der Waals surface area contributed by atoms with E-state index in [0.29, 0.717) is 12.0 Å². The van der Waals surface area contributed by atoms with E-state index in [9.17, 15) is 4.79 Å². The molecule has 1 N–H and O–H groups in total. The summed E-state index contributed by atoms with van der Waals surface area (Å²) >= 11 is 3.16. The Morgan fingerprint density at radius 2 is 2.03 bits per heavy atom. The highest BCUT2D eigenvalue weighted by Gasteiger charge is 2.31. The maximum atomic E-state index is 12.9. The van der Waals surface area contributed by atoms with Gasteiger partial charge in [-0.15, -0.1) is 21.5 Å². The van der Waals surface area contributed by atoms with Gasteiger partial charge in [0.15, 0.2) is 11.0 Å². The minimum absolute atomic E-state index is 0.00577. The Morgan fingerprint density at radius 1 is 1.24 bits per heavy atom. The molecule has 1 aromatic carbocycles. The number of benzene rings is 1. The molecule has 5 nitrogen and oxygen atoms in total. The van der Waals surface area contributed by atoms with Gasteiger partial charge in [-0.2, -0.15) is 0 Å². The molecule has 0 aliphatic heterocycles. The van der Waals surface area contributed by atoms with Crippen LogP contribution in [0, 0.1) is 0 Å². The van der Waals surface area contributed by atoms with Crippen LogP contribution in [-0.4, -0.2) is 25.9 Å². The van der Waals surface area contributed by atoms with Gasteiger partial charge in [0.2, 0.25) is 5.91 Å². The van der Waals surface area contributed by atoms with Gasteiger partial charge in [0.1, 0.15) is 0 Å². The average molecular weight is 427 g/mol. The first-order valence-corrected chi connectivity index (χ1v) is 11.9. The lowest BCUT2D eigenvalue weighted by Gasteiger charge is -2.18. The van der Waals surface area contributed by atoms with Gasteiger partial charge in [0.05, 0.1) is 10.1 Å². The number of hydrogen-bond acceptors (Lipinski definition) is 5. The van der Waals surface area contributed by atoms with E-state index in [1.165, 1.54) is 17.3 Å². The lowest BCUT2D eigenvalue weighted by Crippen LogP contribution is -2.23. The van der Waals surface area contributed by atoms with E-state index in [2.05, 4.69) is 51.4 Å². The smallest absolute Gasteiger partial charge is 0.237 e. The Labute approximate surface area is 179 Å². The molecule has 7 heteroatoms. The number of nitrogens with one attached hydrogen (secondary N) is 1. The van der Waals surface area contributed by atoms with Gasteiger partial charge in [-0.25, -0.2) is 0 Å². The molecule has 1 fully saturated rings. The third kappa shape index (κ3) is 4.41. The molecular formula is C22H26N4OS2. The Kier molecular flexibility index (Phi) is 6.06. The van der Waals surface area contributed by atoms with E-state index < -0.39 is 0 Å². The van der Waals surface area contributed by atoms with Crippen LogP contribution >= 0.6 is 23.1 Å². The second kappa shape index (κ2) is 8.71. The zero-order valence-corrected chi connectivity index (χ0v) is 18.6. The molecule has 0 bridgehead atoms. The summed E-state index contributed by atoms with van der Waals surface area (Å²) in [5.41, 5.74) is 2.09. The van der Waals surface area contributed by atoms with Crippen LogP contribution in [0.4, 0.5) is 5.69 Å². The van der Waals surface area contributed by atoms with Crippen LogP contribution in [0.15, 0.2) is 46.9 Å². The number of anilines is 1. The highest BCUT2D eigenvalue weighted by molar-refractivity contribution is 8.00. The van der Waals surface area contributed by atoms with Gasteiger partial charge >= 0.3 is 0 Å². The predicted octanol–water partition coefficient (Wildman–Crippen LogP) is 5.97. The number of carbonyl (C=O) groups is 1. The molecule has 2 unspecified atom stereocenters. The first-order valence-electron chi connectivity index (χ1n) is 10.1. The summed E-state index contributed by atoms with van der Waals surface area (Å²) in [5, 5.41) is 14.6. The highest BCUT2D eigenvalue weighted by Crippen LogP contribution is 2.42. The third-order valence-corrected chi connectivity index (χ3v) is 7.25. The molecule has 0 saturated heterocycles. The van der Waals surface area contributed by atoms with Crippen molar-refractivity contribution in [2.45, 2.75) is 62.4 Å². The monoisotopic (exact) mass is 426 g/mol. The Balaban J connectivity index is 1.51. The number of amides is 1. The third-order valence-electron chi connectivity index (χ3n) is 5.33. The van der Waals surface area contributed by atoms with Crippen molar-refractivity contribution < 1.29 is 4.79 Å². The molecule has 3 aromatic rings. The lowest BCUT2D eigenvalue weighted by atomic mass is 9.97. The van der Waals surface area contributed by atoms with E-state index in [1.807, 2.05) is 31.2 Å². The number of thioether (sulfide) groups is 1. The summed E-state index contributed by atoms with van der Waals surface area (Å²) in [4.78, 5) is 14.0. The fraction of sp³-hybridized carbons (Fsp3) is 0.409. The number of thiophene rings is 1. The number of carbonyl (C=O) groups excluding carboxylic acids is 1. The van der Waals surface area contributed by atoms with Crippen LogP contribution < -0.4 is 5.32 Å². The van der Waals surface area contributed by atoms with E-state index in [-0.39, 0.29) is 11.2 Å². The van der Waals surface area contributed by atoms with Crippen molar-refractivity contribution in [1.29, 1.82) is 0 Å². The lowest BCUT2D eigenvalue weighted by molar-refractivity contribution is -0.115. The minimum atomic E-state index is -0.266. The Hall–Kier alpha value is -2.12. The fourth-order valence-electron chi connectivity index (χ4n) is 3.30. The first-order chi connectivity index (χ1) is 14.1. The summed E-state index contributed by atoms with van der Waals surface area (Å²) in [5.74, 6) is 1.31. The van der Waals surface area contributed by atoms with E-state index in [4.69, 9.17) is 0 Å². The van der Waals surface area contributed by atoms with Crippen LogP contribution in [0.5, 0.6) is 0 Å². The van der Waals surface area contributed by atoms with Gasteiger partial charge in [0, 0.05) is 11.7 Å². The number of nitrogens with zero attached hydrogens (tertiary/aromatic N) is 3. The van der Waals surface area contributed by atoms with Crippen LogP contribution in [0.3, 0.4) is 0 Å². The van der Waals surface area contributed by atoms with Gasteiger partial charge < -0.3 is 5.32 Å². The van der Waals surface area contributed by atoms with Gasteiger partial charge in [-0.3, -0.25) is 9.36 Å². The summed E-state index contributed by atoms with van der Waals surface area (Å²) in [7, 11) is 0. The molecule has 1 aliphatic rings. The topological polar surface area (TPSA) is 59.8 Å². The number of aromatic nitrogens is 3. The van der Waals surface area contributed by atoms with Crippen LogP contribution in [0.25, 0.3) is 10.7 Å². The van der Waals surface area contributed by atoms with Crippen LogP contribution in [-0.2, 0) is 4.79 Å². The molecule has 29 heavy (non-hydrogen) atoms. The standard InChI is InChI=1S/C22H26N4OS2/c1-4-14(2)17-8-5-6-9-18(17)23-21(27)15(3)29-22-25-24-20(19-10-7-13-28-19)26(22)16-11-12-16/h5-10,13-16H,4,11-12H2,1-3H3,(H,23,27). The highest BCUT2D eigenvalue weighted by atomic mass is 32.2. The van der Waals surface area contributed by atoms with Crippen molar-refractivity contribution in [2.75, 3.05) is 5.32 Å². The second-order valence-corrected chi connectivity index (χ2v) is 9.79. The van der Waals surface area contributed by atoms with E-state index in [1.54, 1.807) is 11.3 Å². The molecule has 2 heterocycles. The van der Waals surface area contributed by atoms with Crippen molar-refractivity contribution in [3.63, 3.8) is 0 Å². The number of rotatable bonds is 8. The Bertz CT molecular complexity index is 979. The molecule has 152 valence electrons. The van der Waals surface area contributed by atoms with E-state index in [0.717, 1.165) is 40.8 Å². The molecule has 2 aromatic heterocycles. The SMILES string of the molecule is CCC(C)c1ccccc1NC(=O)C(C)Sc1nnc(-c2cccs2)n1C1CC1. The zero-order valence-electron chi connectivity index (χ0n) is 17.0. The maximum absolute atomic E-state index is 12.9. The summed E-state index contributed by atoms with van der Waals surface area (Å²) in [6.45, 7) is 6.29. The predicted molar refractivity (Wildman–Crippen MR) is 121 cm³/mol. The normalized spacial score (nSPS) is 15.8. The van der Waals surface area contributed by atoms with Gasteiger partial charge in [-0.1, -0.05) is 49.9 Å². The summed E-state index contributed by atoms with van der Waals surface area (Å²) in [6.07, 6.45) is 3.33. The fourth-order valence-corrected chi connectivity index (χ4v) is 4.92. The number of para-hydroxylation sites is 1. The van der Waals surface area contributed by atoms with E-state index >= 15 is 0 Å². The first kappa shape index (κ1) is 20.2. The molecule has 0 radical (unpaired) electrons.